The third kappa shape index (κ3) is 6.19. The Balaban J connectivity index is 0.000000168. The van der Waals surface area contributed by atoms with Crippen LogP contribution in [-0.4, -0.2) is 17.0 Å². The second-order valence-corrected chi connectivity index (χ2v) is 10.5. The smallest absolute Gasteiger partial charge is 0.302 e. The number of nitrogens with one attached hydrogen (secondary N) is 1. The van der Waals surface area contributed by atoms with Crippen LogP contribution in [0.25, 0.3) is 0 Å². The Morgan fingerprint density at radius 3 is 1.89 bits per heavy atom. The van der Waals surface area contributed by atoms with E-state index in [4.69, 9.17) is 16.3 Å². The molecule has 35 heavy (non-hydrogen) atoms. The van der Waals surface area contributed by atoms with Gasteiger partial charge in [0.2, 0.25) is 0 Å². The zero-order chi connectivity index (χ0) is 24.6. The predicted octanol–water partition coefficient (Wildman–Crippen LogP) is 5.13. The molecule has 2 heterocycles. The molecule has 7 heteroatoms. The SMILES string of the molecule is CC(=O)OCc1cc(C)n2c1C(Cl)N=CN2.c1ccc(P(c2ccccc2)c2ccccc2)cc1. The van der Waals surface area contributed by atoms with Gasteiger partial charge in [0.15, 0.2) is 5.50 Å². The van der Waals surface area contributed by atoms with Gasteiger partial charge in [-0.1, -0.05) is 103 Å². The number of hydrogen-bond donors (Lipinski definition) is 1. The van der Waals surface area contributed by atoms with E-state index in [0.717, 1.165) is 17.0 Å². The number of rotatable bonds is 5. The number of alkyl halides is 1. The van der Waals surface area contributed by atoms with Gasteiger partial charge in [-0.2, -0.15) is 0 Å². The summed E-state index contributed by atoms with van der Waals surface area (Å²) in [5, 5.41) is 4.19. The van der Waals surface area contributed by atoms with Gasteiger partial charge in [-0.05, 0) is 36.8 Å². The average Bonchev–Trinajstić information content (AvgIpc) is 3.22. The van der Waals surface area contributed by atoms with E-state index in [9.17, 15) is 4.79 Å². The molecular weight excluding hydrogens is 477 g/mol. The van der Waals surface area contributed by atoms with Crippen molar-refractivity contribution < 1.29 is 9.53 Å². The molecule has 1 aliphatic rings. The Labute approximate surface area is 212 Å². The first-order valence-electron chi connectivity index (χ1n) is 11.3. The monoisotopic (exact) mass is 503 g/mol. The minimum atomic E-state index is -0.446. The first-order valence-corrected chi connectivity index (χ1v) is 13.0. The molecule has 1 N–H and O–H groups in total. The molecule has 0 aliphatic carbocycles. The van der Waals surface area contributed by atoms with E-state index >= 15 is 0 Å². The number of ether oxygens (including phenoxy) is 1. The van der Waals surface area contributed by atoms with Crippen LogP contribution in [0.1, 0.15) is 29.4 Å². The summed E-state index contributed by atoms with van der Waals surface area (Å²) in [5.41, 5.74) is 5.21. The number of carbonyl (C=O) groups excluding carboxylic acids is 1. The highest BCUT2D eigenvalue weighted by Crippen LogP contribution is 2.32. The highest BCUT2D eigenvalue weighted by molar-refractivity contribution is 7.79. The topological polar surface area (TPSA) is 55.6 Å². The van der Waals surface area contributed by atoms with Crippen LogP contribution in [0.15, 0.2) is 102 Å². The van der Waals surface area contributed by atoms with Gasteiger partial charge in [-0.3, -0.25) is 14.9 Å². The lowest BCUT2D eigenvalue weighted by atomic mass is 10.2. The lowest BCUT2D eigenvalue weighted by Crippen LogP contribution is -2.22. The number of nitrogens with zero attached hydrogens (tertiary/aromatic N) is 2. The average molecular weight is 504 g/mol. The van der Waals surface area contributed by atoms with Crippen molar-refractivity contribution in [2.24, 2.45) is 4.99 Å². The van der Waals surface area contributed by atoms with Crippen molar-refractivity contribution in [3.63, 3.8) is 0 Å². The molecule has 1 atom stereocenters. The number of hydrogen-bond acceptors (Lipinski definition) is 4. The van der Waals surface area contributed by atoms with Gasteiger partial charge < -0.3 is 4.74 Å². The summed E-state index contributed by atoms with van der Waals surface area (Å²) in [6, 6.07) is 34.3. The molecule has 178 valence electrons. The number of aromatic nitrogens is 1. The second kappa shape index (κ2) is 11.8. The third-order valence-electron chi connectivity index (χ3n) is 5.40. The van der Waals surface area contributed by atoms with Crippen molar-refractivity contribution in [2.45, 2.75) is 26.0 Å². The van der Waals surface area contributed by atoms with Crippen LogP contribution < -0.4 is 21.3 Å². The number of benzene rings is 3. The number of esters is 1. The number of aliphatic imine (C=N–C) groups is 1. The largest absolute Gasteiger partial charge is 0.461 e. The summed E-state index contributed by atoms with van der Waals surface area (Å²) >= 11 is 6.08. The van der Waals surface area contributed by atoms with Crippen molar-refractivity contribution in [3.8, 4) is 0 Å². The van der Waals surface area contributed by atoms with Crippen molar-refractivity contribution in [2.75, 3.05) is 5.43 Å². The van der Waals surface area contributed by atoms with Crippen molar-refractivity contribution in [3.05, 3.63) is 114 Å². The number of fused-ring (bicyclic) bond motifs is 1. The molecule has 3 aromatic carbocycles. The van der Waals surface area contributed by atoms with E-state index in [-0.39, 0.29) is 12.6 Å². The minimum absolute atomic E-state index is 0.221. The Bertz CT molecular complexity index is 1180. The van der Waals surface area contributed by atoms with E-state index in [1.165, 1.54) is 22.8 Å². The first kappa shape index (κ1) is 24.7. The molecule has 0 amide bonds. The molecule has 0 saturated carbocycles. The van der Waals surface area contributed by atoms with Gasteiger partial charge in [-0.25, -0.2) is 4.99 Å². The van der Waals surface area contributed by atoms with Gasteiger partial charge in [0.05, 0.1) is 5.69 Å². The summed E-state index contributed by atoms with van der Waals surface area (Å²) < 4.78 is 6.80. The molecule has 1 unspecified atom stereocenters. The third-order valence-corrected chi connectivity index (χ3v) is 8.16. The molecule has 4 aromatic rings. The molecule has 1 aliphatic heterocycles. The zero-order valence-electron chi connectivity index (χ0n) is 19.6. The number of carbonyl (C=O) groups is 1. The van der Waals surface area contributed by atoms with E-state index in [1.807, 2.05) is 17.7 Å². The summed E-state index contributed by atoms with van der Waals surface area (Å²) in [5.74, 6) is -0.309. The molecule has 0 spiro atoms. The number of aryl methyl sites for hydroxylation is 1. The van der Waals surface area contributed by atoms with Gasteiger partial charge in [-0.15, -0.1) is 0 Å². The molecule has 1 aromatic heterocycles. The lowest BCUT2D eigenvalue weighted by Gasteiger charge is -2.18. The first-order chi connectivity index (χ1) is 17.0. The molecule has 5 rings (SSSR count). The summed E-state index contributed by atoms with van der Waals surface area (Å²) in [7, 11) is -0.446. The lowest BCUT2D eigenvalue weighted by molar-refractivity contribution is -0.142. The maximum absolute atomic E-state index is 10.8. The predicted molar refractivity (Wildman–Crippen MR) is 146 cm³/mol. The van der Waals surface area contributed by atoms with E-state index in [1.54, 1.807) is 6.34 Å². The van der Waals surface area contributed by atoms with Gasteiger partial charge in [0, 0.05) is 18.2 Å². The molecule has 0 fully saturated rings. The standard InChI is InChI=1S/C18H15P.C10H12ClN3O2/c1-4-10-16(11-5-1)19(17-12-6-2-7-13-17)18-14-8-3-9-15-18;1-6-3-8(4-16-7(2)15)9-10(11)12-5-13-14(6)9/h1-15H;3,5,10H,4H2,1-2H3,(H,12,13). The Morgan fingerprint density at radius 1 is 0.943 bits per heavy atom. The van der Waals surface area contributed by atoms with Crippen LogP contribution in [0.3, 0.4) is 0 Å². The molecule has 5 nitrogen and oxygen atoms in total. The fraction of sp³-hybridized carbons (Fsp3) is 0.143. The Kier molecular flexibility index (Phi) is 8.36. The molecule has 0 saturated heterocycles. The van der Waals surface area contributed by atoms with Crippen LogP contribution >= 0.6 is 19.5 Å². The zero-order valence-corrected chi connectivity index (χ0v) is 21.3. The maximum Gasteiger partial charge on any atom is 0.302 e. The highest BCUT2D eigenvalue weighted by atomic mass is 35.5. The normalized spacial score (nSPS) is 13.9. The van der Waals surface area contributed by atoms with E-state index in [2.05, 4.69) is 101 Å². The fourth-order valence-corrected chi connectivity index (χ4v) is 6.45. The quantitative estimate of drug-likeness (QED) is 0.178. The summed E-state index contributed by atoms with van der Waals surface area (Å²) in [4.78, 5) is 14.8. The minimum Gasteiger partial charge on any atom is -0.461 e. The molecule has 0 bridgehead atoms. The maximum atomic E-state index is 10.8. The van der Waals surface area contributed by atoms with Gasteiger partial charge in [0.1, 0.15) is 12.9 Å². The van der Waals surface area contributed by atoms with Gasteiger partial charge in [0.25, 0.3) is 0 Å². The number of halogens is 1. The molecular formula is C28H27ClN3O2P. The van der Waals surface area contributed by atoms with Crippen LogP contribution in [-0.2, 0) is 16.1 Å². The van der Waals surface area contributed by atoms with Gasteiger partial charge >= 0.3 is 5.97 Å². The summed E-state index contributed by atoms with van der Waals surface area (Å²) in [6.45, 7) is 3.54. The summed E-state index contributed by atoms with van der Waals surface area (Å²) in [6.07, 6.45) is 1.55. The fourth-order valence-electron chi connectivity index (χ4n) is 3.86. The van der Waals surface area contributed by atoms with Crippen molar-refractivity contribution in [1.82, 2.24) is 4.68 Å². The van der Waals surface area contributed by atoms with Crippen LogP contribution in [0, 0.1) is 6.92 Å². The van der Waals surface area contributed by atoms with Crippen LogP contribution in [0.5, 0.6) is 0 Å². The molecule has 0 radical (unpaired) electrons. The Hall–Kier alpha value is -3.40. The van der Waals surface area contributed by atoms with Crippen molar-refractivity contribution in [1.29, 1.82) is 0 Å². The van der Waals surface area contributed by atoms with E-state index in [0.29, 0.717) is 0 Å². The highest BCUT2D eigenvalue weighted by Gasteiger charge is 2.22. The van der Waals surface area contributed by atoms with Crippen molar-refractivity contribution >= 4 is 47.7 Å². The van der Waals surface area contributed by atoms with E-state index < -0.39 is 13.4 Å². The Morgan fingerprint density at radius 2 is 1.43 bits per heavy atom. The van der Waals surface area contributed by atoms with Crippen LogP contribution in [0.2, 0.25) is 0 Å². The van der Waals surface area contributed by atoms with Crippen LogP contribution in [0.4, 0.5) is 0 Å². The second-order valence-electron chi connectivity index (χ2n) is 7.90.